The van der Waals surface area contributed by atoms with Crippen LogP contribution in [0.5, 0.6) is 0 Å². The molecule has 0 aliphatic carbocycles. The summed E-state index contributed by atoms with van der Waals surface area (Å²) in [7, 11) is 0. The lowest BCUT2D eigenvalue weighted by atomic mass is 10.1. The van der Waals surface area contributed by atoms with Gasteiger partial charge < -0.3 is 8.83 Å². The minimum Gasteiger partial charge on any atom is -0.438 e. The van der Waals surface area contributed by atoms with E-state index in [4.69, 9.17) is 8.83 Å². The molecule has 6 rings (SSSR count). The lowest BCUT2D eigenvalue weighted by molar-refractivity contribution is 0.603. The molecule has 0 unspecified atom stereocenters. The summed E-state index contributed by atoms with van der Waals surface area (Å²) in [6, 6.07) is 16.1. The van der Waals surface area contributed by atoms with Crippen molar-refractivity contribution in [3.63, 3.8) is 0 Å². The third-order valence-electron chi connectivity index (χ3n) is 4.52. The lowest BCUT2D eigenvalue weighted by Gasteiger charge is -1.96. The molecule has 0 bridgehead atoms. The zero-order chi connectivity index (χ0) is 17.8. The minimum absolute atomic E-state index is 0.481. The van der Waals surface area contributed by atoms with E-state index in [9.17, 15) is 0 Å². The van der Waals surface area contributed by atoms with Crippen LogP contribution in [0.3, 0.4) is 0 Å². The molecule has 27 heavy (non-hydrogen) atoms. The van der Waals surface area contributed by atoms with Gasteiger partial charge in [-0.25, -0.2) is 9.97 Å². The second kappa shape index (κ2) is 5.49. The van der Waals surface area contributed by atoms with E-state index in [0.717, 1.165) is 22.1 Å². The zero-order valence-corrected chi connectivity index (χ0v) is 14.7. The van der Waals surface area contributed by atoms with Gasteiger partial charge >= 0.3 is 0 Å². The molecule has 0 saturated carbocycles. The number of furan rings is 2. The number of thiophene rings is 1. The van der Waals surface area contributed by atoms with Crippen LogP contribution in [0.15, 0.2) is 75.1 Å². The van der Waals surface area contributed by atoms with Gasteiger partial charge in [-0.05, 0) is 59.3 Å². The van der Waals surface area contributed by atoms with Crippen molar-refractivity contribution in [3.05, 3.63) is 66.3 Å². The molecule has 6 aromatic rings. The third kappa shape index (κ3) is 2.34. The number of benzene rings is 1. The van der Waals surface area contributed by atoms with E-state index in [1.165, 1.54) is 10.1 Å². The second-order valence-corrected chi connectivity index (χ2v) is 7.19. The molecule has 0 N–H and O–H groups in total. The summed E-state index contributed by atoms with van der Waals surface area (Å²) in [5, 5.41) is 5.07. The predicted molar refractivity (Wildman–Crippen MR) is 106 cm³/mol. The monoisotopic (exact) mass is 369 g/mol. The van der Waals surface area contributed by atoms with E-state index in [-0.39, 0.29) is 0 Å². The van der Waals surface area contributed by atoms with Crippen molar-refractivity contribution < 1.29 is 8.83 Å². The Hall–Kier alpha value is -3.51. The van der Waals surface area contributed by atoms with Crippen LogP contribution in [0.1, 0.15) is 0 Å². The van der Waals surface area contributed by atoms with Crippen molar-refractivity contribution in [2.75, 3.05) is 0 Å². The van der Waals surface area contributed by atoms with Gasteiger partial charge in [0.25, 0.3) is 0 Å². The Balaban J connectivity index is 1.46. The molecule has 5 heterocycles. The minimum atomic E-state index is 0.481. The number of fused-ring (bicyclic) bond motifs is 3. The van der Waals surface area contributed by atoms with Crippen molar-refractivity contribution in [3.8, 4) is 22.9 Å². The number of nitrogens with zero attached hydrogens (tertiary/aromatic N) is 3. The van der Waals surface area contributed by atoms with E-state index >= 15 is 0 Å². The first-order valence-electron chi connectivity index (χ1n) is 8.43. The molecule has 0 aliphatic heterocycles. The molecule has 0 fully saturated rings. The molecule has 128 valence electrons. The van der Waals surface area contributed by atoms with Crippen LogP contribution >= 0.6 is 11.3 Å². The van der Waals surface area contributed by atoms with Gasteiger partial charge in [-0.15, -0.1) is 11.3 Å². The molecule has 1 aromatic carbocycles. The van der Waals surface area contributed by atoms with Gasteiger partial charge in [-0.3, -0.25) is 0 Å². The maximum atomic E-state index is 6.01. The van der Waals surface area contributed by atoms with Gasteiger partial charge in [0.2, 0.25) is 11.4 Å². The van der Waals surface area contributed by atoms with E-state index in [0.29, 0.717) is 23.0 Å². The highest BCUT2D eigenvalue weighted by Gasteiger charge is 2.14. The second-order valence-electron chi connectivity index (χ2n) is 6.25. The van der Waals surface area contributed by atoms with E-state index in [1.54, 1.807) is 23.7 Å². The summed E-state index contributed by atoms with van der Waals surface area (Å²) in [5.74, 6) is 1.83. The Bertz CT molecular complexity index is 1410. The van der Waals surface area contributed by atoms with Crippen molar-refractivity contribution in [1.29, 1.82) is 0 Å². The average molecular weight is 369 g/mol. The maximum absolute atomic E-state index is 6.01. The van der Waals surface area contributed by atoms with Gasteiger partial charge in [-0.2, -0.15) is 4.98 Å². The number of rotatable bonds is 2. The normalized spacial score (nSPS) is 11.7. The van der Waals surface area contributed by atoms with Gasteiger partial charge in [-0.1, -0.05) is 0 Å². The molecule has 0 aliphatic rings. The molecule has 5 aromatic heterocycles. The summed E-state index contributed by atoms with van der Waals surface area (Å²) in [5.41, 5.74) is 2.13. The van der Waals surface area contributed by atoms with E-state index < -0.39 is 0 Å². The highest BCUT2D eigenvalue weighted by molar-refractivity contribution is 7.17. The standard InChI is InChI=1S/C21H11N3O2S/c1-2-14-9-17(26-20(14)22-6-1)19-23-11-15-10-16(25-21(15)24-19)12-3-4-18-13(8-12)5-7-27-18/h1-11H. The van der Waals surface area contributed by atoms with E-state index in [1.807, 2.05) is 24.3 Å². The molecule has 0 spiro atoms. The number of hydrogen-bond acceptors (Lipinski definition) is 6. The maximum Gasteiger partial charge on any atom is 0.230 e. The molecular weight excluding hydrogens is 358 g/mol. The largest absolute Gasteiger partial charge is 0.438 e. The lowest BCUT2D eigenvalue weighted by Crippen LogP contribution is -1.85. The summed E-state index contributed by atoms with van der Waals surface area (Å²) in [6.07, 6.45) is 3.46. The number of hydrogen-bond donors (Lipinski definition) is 0. The van der Waals surface area contributed by atoms with Crippen LogP contribution in [0.25, 0.3) is 55.2 Å². The highest BCUT2D eigenvalue weighted by Crippen LogP contribution is 2.32. The van der Waals surface area contributed by atoms with Crippen molar-refractivity contribution >= 4 is 43.6 Å². The third-order valence-corrected chi connectivity index (χ3v) is 5.42. The first-order chi connectivity index (χ1) is 13.3. The quantitative estimate of drug-likeness (QED) is 0.379. The van der Waals surface area contributed by atoms with Crippen LogP contribution in [0, 0.1) is 0 Å². The summed E-state index contributed by atoms with van der Waals surface area (Å²) < 4.78 is 13.0. The fourth-order valence-corrected chi connectivity index (χ4v) is 3.97. The van der Waals surface area contributed by atoms with Gasteiger partial charge in [0.05, 0.1) is 5.39 Å². The fraction of sp³-hybridized carbons (Fsp3) is 0. The molecule has 0 amide bonds. The summed E-state index contributed by atoms with van der Waals surface area (Å²) in [6.45, 7) is 0. The highest BCUT2D eigenvalue weighted by atomic mass is 32.1. The molecule has 0 radical (unpaired) electrons. The first-order valence-corrected chi connectivity index (χ1v) is 9.31. The average Bonchev–Trinajstić information content (AvgIpc) is 3.42. The SMILES string of the molecule is c1cnc2oc(-c3ncc4cc(-c5ccc6sccc6c5)oc4n3)cc2c1. The van der Waals surface area contributed by atoms with Crippen molar-refractivity contribution in [2.45, 2.75) is 0 Å². The van der Waals surface area contributed by atoms with Gasteiger partial charge in [0, 0.05) is 28.0 Å². The number of aromatic nitrogens is 3. The van der Waals surface area contributed by atoms with Crippen LogP contribution < -0.4 is 0 Å². The van der Waals surface area contributed by atoms with Gasteiger partial charge in [0.1, 0.15) is 5.76 Å². The summed E-state index contributed by atoms with van der Waals surface area (Å²) in [4.78, 5) is 13.2. The Morgan fingerprint density at radius 1 is 0.778 bits per heavy atom. The Kier molecular flexibility index (Phi) is 2.98. The van der Waals surface area contributed by atoms with Crippen LogP contribution in [0.4, 0.5) is 0 Å². The molecule has 0 saturated heterocycles. The molecule has 0 atom stereocenters. The van der Waals surface area contributed by atoms with Crippen molar-refractivity contribution in [2.24, 2.45) is 0 Å². The Morgan fingerprint density at radius 3 is 2.67 bits per heavy atom. The molecule has 6 heteroatoms. The Morgan fingerprint density at radius 2 is 1.70 bits per heavy atom. The fourth-order valence-electron chi connectivity index (χ4n) is 3.20. The molecule has 5 nitrogen and oxygen atoms in total. The number of pyridine rings is 1. The molecular formula is C21H11N3O2S. The van der Waals surface area contributed by atoms with Gasteiger partial charge in [0.15, 0.2) is 11.6 Å². The Labute approximate surface area is 156 Å². The first kappa shape index (κ1) is 14.6. The smallest absolute Gasteiger partial charge is 0.230 e. The topological polar surface area (TPSA) is 65.0 Å². The van der Waals surface area contributed by atoms with Crippen LogP contribution in [-0.4, -0.2) is 15.0 Å². The predicted octanol–water partition coefficient (Wildman–Crippen LogP) is 5.91. The zero-order valence-electron chi connectivity index (χ0n) is 13.9. The van der Waals surface area contributed by atoms with E-state index in [2.05, 4.69) is 44.6 Å². The van der Waals surface area contributed by atoms with Crippen molar-refractivity contribution in [1.82, 2.24) is 15.0 Å². The van der Waals surface area contributed by atoms with Crippen LogP contribution in [-0.2, 0) is 0 Å². The van der Waals surface area contributed by atoms with Crippen LogP contribution in [0.2, 0.25) is 0 Å². The summed E-state index contributed by atoms with van der Waals surface area (Å²) >= 11 is 1.73.